The molecule has 4 heteroatoms. The van der Waals surface area contributed by atoms with Crippen LogP contribution in [0.3, 0.4) is 0 Å². The van der Waals surface area contributed by atoms with E-state index in [0.29, 0.717) is 23.4 Å². The number of carbonyl (C=O) groups excluding carboxylic acids is 2. The van der Waals surface area contributed by atoms with Crippen LogP contribution >= 0.6 is 0 Å². The molecule has 1 aliphatic heterocycles. The lowest BCUT2D eigenvalue weighted by Gasteiger charge is -2.08. The number of rotatable bonds is 2. The Kier molecular flexibility index (Phi) is 2.19. The number of carbonyl (C=O) groups is 2. The van der Waals surface area contributed by atoms with Gasteiger partial charge in [0.25, 0.3) is 11.8 Å². The van der Waals surface area contributed by atoms with Gasteiger partial charge in [-0.15, -0.1) is 0 Å². The molecule has 1 aliphatic rings. The van der Waals surface area contributed by atoms with E-state index in [2.05, 4.69) is 0 Å². The van der Waals surface area contributed by atoms with Crippen LogP contribution in [0.1, 0.15) is 27.6 Å². The maximum atomic E-state index is 11.8. The summed E-state index contributed by atoms with van der Waals surface area (Å²) in [6, 6.07) is 4.92. The number of amides is 2. The number of fused-ring (bicyclic) bond motifs is 1. The van der Waals surface area contributed by atoms with Crippen molar-refractivity contribution in [2.75, 3.05) is 13.7 Å². The molecule has 0 saturated heterocycles. The van der Waals surface area contributed by atoms with E-state index in [1.54, 1.807) is 25.1 Å². The lowest BCUT2D eigenvalue weighted by atomic mass is 10.1. The van der Waals surface area contributed by atoms with Gasteiger partial charge in [0.1, 0.15) is 5.75 Å². The van der Waals surface area contributed by atoms with Gasteiger partial charge in [-0.1, -0.05) is 0 Å². The van der Waals surface area contributed by atoms with E-state index in [-0.39, 0.29) is 11.8 Å². The number of hydrogen-bond acceptors (Lipinski definition) is 3. The highest BCUT2D eigenvalue weighted by molar-refractivity contribution is 6.21. The first-order valence-electron chi connectivity index (χ1n) is 4.73. The Bertz CT molecular complexity index is 439. The number of benzene rings is 1. The minimum Gasteiger partial charge on any atom is -0.497 e. The molecule has 2 amide bonds. The highest BCUT2D eigenvalue weighted by Crippen LogP contribution is 2.26. The Labute approximate surface area is 87.4 Å². The van der Waals surface area contributed by atoms with Crippen LogP contribution in [0.25, 0.3) is 0 Å². The number of nitrogens with zero attached hydrogens (tertiary/aromatic N) is 1. The Morgan fingerprint density at radius 1 is 1.20 bits per heavy atom. The van der Waals surface area contributed by atoms with E-state index >= 15 is 0 Å². The van der Waals surface area contributed by atoms with Gasteiger partial charge >= 0.3 is 0 Å². The molecule has 1 aromatic rings. The third-order valence-electron chi connectivity index (χ3n) is 2.49. The topological polar surface area (TPSA) is 46.6 Å². The monoisotopic (exact) mass is 205 g/mol. The minimum absolute atomic E-state index is 0.222. The van der Waals surface area contributed by atoms with Gasteiger partial charge in [-0.05, 0) is 25.1 Å². The molecular formula is C11H11NO3. The molecule has 0 radical (unpaired) electrons. The molecule has 0 unspecified atom stereocenters. The Morgan fingerprint density at radius 3 is 2.47 bits per heavy atom. The molecule has 2 rings (SSSR count). The molecule has 1 heterocycles. The Hall–Kier alpha value is -1.84. The van der Waals surface area contributed by atoms with Gasteiger partial charge in [-0.3, -0.25) is 14.5 Å². The summed E-state index contributed by atoms with van der Waals surface area (Å²) in [5.74, 6) is 0.129. The molecule has 0 spiro atoms. The average Bonchev–Trinajstić information content (AvgIpc) is 2.51. The summed E-state index contributed by atoms with van der Waals surface area (Å²) in [7, 11) is 1.53. The predicted molar refractivity (Wildman–Crippen MR) is 54.0 cm³/mol. The fourth-order valence-electron chi connectivity index (χ4n) is 1.68. The minimum atomic E-state index is -0.239. The molecule has 78 valence electrons. The second-order valence-electron chi connectivity index (χ2n) is 3.27. The van der Waals surface area contributed by atoms with E-state index in [1.165, 1.54) is 12.0 Å². The lowest BCUT2D eigenvalue weighted by molar-refractivity contribution is 0.0663. The fourth-order valence-corrected chi connectivity index (χ4v) is 1.68. The van der Waals surface area contributed by atoms with Gasteiger partial charge in [0.2, 0.25) is 0 Å². The van der Waals surface area contributed by atoms with Crippen molar-refractivity contribution >= 4 is 11.8 Å². The first-order chi connectivity index (χ1) is 7.19. The molecule has 0 bridgehead atoms. The van der Waals surface area contributed by atoms with Crippen LogP contribution in [0, 0.1) is 0 Å². The van der Waals surface area contributed by atoms with Gasteiger partial charge in [0.15, 0.2) is 0 Å². The SMILES string of the molecule is CCN1C(=O)c2ccc(OC)cc2C1=O. The highest BCUT2D eigenvalue weighted by Gasteiger charge is 2.34. The van der Waals surface area contributed by atoms with E-state index in [9.17, 15) is 9.59 Å². The van der Waals surface area contributed by atoms with E-state index < -0.39 is 0 Å². The van der Waals surface area contributed by atoms with E-state index in [4.69, 9.17) is 4.74 Å². The first-order valence-corrected chi connectivity index (χ1v) is 4.73. The predicted octanol–water partition coefficient (Wildman–Crippen LogP) is 1.31. The van der Waals surface area contributed by atoms with Crippen molar-refractivity contribution in [3.8, 4) is 5.75 Å². The fraction of sp³-hybridized carbons (Fsp3) is 0.273. The molecule has 0 fully saturated rings. The quantitative estimate of drug-likeness (QED) is 0.684. The molecule has 0 aliphatic carbocycles. The van der Waals surface area contributed by atoms with Gasteiger partial charge in [-0.2, -0.15) is 0 Å². The summed E-state index contributed by atoms with van der Waals surface area (Å²) in [5.41, 5.74) is 0.892. The van der Waals surface area contributed by atoms with Crippen molar-refractivity contribution < 1.29 is 14.3 Å². The van der Waals surface area contributed by atoms with Crippen molar-refractivity contribution in [3.05, 3.63) is 29.3 Å². The van der Waals surface area contributed by atoms with Crippen molar-refractivity contribution in [1.82, 2.24) is 4.90 Å². The molecule has 0 atom stereocenters. The third-order valence-corrected chi connectivity index (χ3v) is 2.49. The van der Waals surface area contributed by atoms with Crippen molar-refractivity contribution in [1.29, 1.82) is 0 Å². The maximum Gasteiger partial charge on any atom is 0.261 e. The summed E-state index contributed by atoms with van der Waals surface area (Å²) in [4.78, 5) is 24.7. The zero-order chi connectivity index (χ0) is 11.0. The Morgan fingerprint density at radius 2 is 1.87 bits per heavy atom. The number of imide groups is 1. The van der Waals surface area contributed by atoms with Crippen LogP contribution in [0.5, 0.6) is 5.75 Å². The van der Waals surface area contributed by atoms with Crippen LogP contribution in [0.2, 0.25) is 0 Å². The molecular weight excluding hydrogens is 194 g/mol. The highest BCUT2D eigenvalue weighted by atomic mass is 16.5. The Balaban J connectivity index is 2.53. The summed E-state index contributed by atoms with van der Waals surface area (Å²) in [5, 5.41) is 0. The molecule has 4 nitrogen and oxygen atoms in total. The molecule has 0 N–H and O–H groups in total. The van der Waals surface area contributed by atoms with E-state index in [0.717, 1.165) is 0 Å². The van der Waals surface area contributed by atoms with Gasteiger partial charge < -0.3 is 4.74 Å². The third kappa shape index (κ3) is 1.29. The number of methoxy groups -OCH3 is 1. The summed E-state index contributed by atoms with van der Waals surface area (Å²) in [6.07, 6.45) is 0. The van der Waals surface area contributed by atoms with Crippen LogP contribution in [0.15, 0.2) is 18.2 Å². The van der Waals surface area contributed by atoms with Crippen LogP contribution < -0.4 is 4.74 Å². The smallest absolute Gasteiger partial charge is 0.261 e. The summed E-state index contributed by atoms with van der Waals surface area (Å²) in [6.45, 7) is 2.17. The van der Waals surface area contributed by atoms with Crippen molar-refractivity contribution in [2.45, 2.75) is 6.92 Å². The lowest BCUT2D eigenvalue weighted by Crippen LogP contribution is -2.29. The summed E-state index contributed by atoms with van der Waals surface area (Å²) < 4.78 is 5.01. The maximum absolute atomic E-state index is 11.8. The number of ether oxygens (including phenoxy) is 1. The van der Waals surface area contributed by atoms with Gasteiger partial charge in [-0.25, -0.2) is 0 Å². The van der Waals surface area contributed by atoms with Gasteiger partial charge in [0.05, 0.1) is 18.2 Å². The van der Waals surface area contributed by atoms with E-state index in [1.807, 2.05) is 0 Å². The zero-order valence-electron chi connectivity index (χ0n) is 8.61. The zero-order valence-corrected chi connectivity index (χ0v) is 8.61. The molecule has 15 heavy (non-hydrogen) atoms. The van der Waals surface area contributed by atoms with Crippen LogP contribution in [0.4, 0.5) is 0 Å². The standard InChI is InChI=1S/C11H11NO3/c1-3-12-10(13)8-5-4-7(15-2)6-9(8)11(12)14/h4-6H,3H2,1-2H3. The first kappa shape index (κ1) is 9.71. The second-order valence-corrected chi connectivity index (χ2v) is 3.27. The molecule has 0 aromatic heterocycles. The molecule has 1 aromatic carbocycles. The molecule has 0 saturated carbocycles. The van der Waals surface area contributed by atoms with Gasteiger partial charge in [0, 0.05) is 6.54 Å². The van der Waals surface area contributed by atoms with Crippen molar-refractivity contribution in [3.63, 3.8) is 0 Å². The largest absolute Gasteiger partial charge is 0.497 e. The average molecular weight is 205 g/mol. The summed E-state index contributed by atoms with van der Waals surface area (Å²) >= 11 is 0. The normalized spacial score (nSPS) is 14.4. The van der Waals surface area contributed by atoms with Crippen molar-refractivity contribution in [2.24, 2.45) is 0 Å². The van der Waals surface area contributed by atoms with Crippen LogP contribution in [-0.2, 0) is 0 Å². The number of hydrogen-bond donors (Lipinski definition) is 0. The second kappa shape index (κ2) is 3.38. The van der Waals surface area contributed by atoms with Crippen LogP contribution in [-0.4, -0.2) is 30.4 Å².